The molecule has 0 radical (unpaired) electrons. The van der Waals surface area contributed by atoms with E-state index in [2.05, 4.69) is 0 Å². The zero-order valence-corrected chi connectivity index (χ0v) is 11.3. The van der Waals surface area contributed by atoms with E-state index in [1.54, 1.807) is 0 Å². The van der Waals surface area contributed by atoms with E-state index in [0.717, 1.165) is 16.8 Å². The van der Waals surface area contributed by atoms with Crippen LogP contribution in [-0.4, -0.2) is 12.5 Å². The van der Waals surface area contributed by atoms with E-state index in [4.69, 9.17) is 5.73 Å². The van der Waals surface area contributed by atoms with Crippen molar-refractivity contribution in [2.24, 2.45) is 5.73 Å². The number of fused-ring (bicyclic) bond motifs is 1. The van der Waals surface area contributed by atoms with Gasteiger partial charge in [0, 0.05) is 5.69 Å². The Kier molecular flexibility index (Phi) is 3.52. The van der Waals surface area contributed by atoms with Gasteiger partial charge in [-0.3, -0.25) is 4.79 Å². The van der Waals surface area contributed by atoms with E-state index in [1.807, 2.05) is 59.5 Å². The molecule has 3 heteroatoms. The molecule has 1 amide bonds. The SMILES string of the molecule is NCC[C@@H]1C(=O)N(Cc2ccccc2)c2ccccc21. The maximum atomic E-state index is 12.6. The molecule has 0 saturated heterocycles. The van der Waals surface area contributed by atoms with E-state index >= 15 is 0 Å². The molecule has 0 saturated carbocycles. The number of carbonyl (C=O) groups is 1. The molecule has 2 N–H and O–H groups in total. The highest BCUT2D eigenvalue weighted by atomic mass is 16.2. The van der Waals surface area contributed by atoms with Crippen LogP contribution < -0.4 is 10.6 Å². The summed E-state index contributed by atoms with van der Waals surface area (Å²) >= 11 is 0. The van der Waals surface area contributed by atoms with Crippen molar-refractivity contribution in [2.75, 3.05) is 11.4 Å². The quantitative estimate of drug-likeness (QED) is 0.924. The number of rotatable bonds is 4. The number of nitrogens with zero attached hydrogens (tertiary/aromatic N) is 1. The molecule has 3 rings (SSSR count). The maximum Gasteiger partial charge on any atom is 0.234 e. The summed E-state index contributed by atoms with van der Waals surface area (Å²) in [7, 11) is 0. The lowest BCUT2D eigenvalue weighted by atomic mass is 9.97. The van der Waals surface area contributed by atoms with Crippen LogP contribution in [0.15, 0.2) is 54.6 Å². The first-order chi connectivity index (χ1) is 9.81. The smallest absolute Gasteiger partial charge is 0.234 e. The highest BCUT2D eigenvalue weighted by Crippen LogP contribution is 2.39. The minimum absolute atomic E-state index is 0.0834. The molecular formula is C17H18N2O. The first-order valence-electron chi connectivity index (χ1n) is 6.95. The van der Waals surface area contributed by atoms with Crippen LogP contribution in [0.3, 0.4) is 0 Å². The van der Waals surface area contributed by atoms with Gasteiger partial charge in [-0.05, 0) is 30.2 Å². The summed E-state index contributed by atoms with van der Waals surface area (Å²) < 4.78 is 0. The normalized spacial score (nSPS) is 17.4. The Morgan fingerprint density at radius 3 is 2.45 bits per heavy atom. The highest BCUT2D eigenvalue weighted by molar-refractivity contribution is 6.04. The maximum absolute atomic E-state index is 12.6. The summed E-state index contributed by atoms with van der Waals surface area (Å²) in [5.41, 5.74) is 8.94. The Bertz CT molecular complexity index is 609. The van der Waals surface area contributed by atoms with Gasteiger partial charge in [-0.15, -0.1) is 0 Å². The summed E-state index contributed by atoms with van der Waals surface area (Å²) in [5.74, 6) is 0.0837. The van der Waals surface area contributed by atoms with Gasteiger partial charge in [0.1, 0.15) is 0 Å². The lowest BCUT2D eigenvalue weighted by molar-refractivity contribution is -0.119. The van der Waals surface area contributed by atoms with Crippen LogP contribution in [0.5, 0.6) is 0 Å². The molecule has 0 fully saturated rings. The molecule has 20 heavy (non-hydrogen) atoms. The number of para-hydroxylation sites is 1. The number of hydrogen-bond donors (Lipinski definition) is 1. The third-order valence-electron chi connectivity index (χ3n) is 3.81. The predicted octanol–water partition coefficient (Wildman–Crippen LogP) is 2.67. The zero-order chi connectivity index (χ0) is 13.9. The van der Waals surface area contributed by atoms with Gasteiger partial charge in [-0.2, -0.15) is 0 Å². The monoisotopic (exact) mass is 266 g/mol. The lowest BCUT2D eigenvalue weighted by Crippen LogP contribution is -2.29. The van der Waals surface area contributed by atoms with Gasteiger partial charge in [0.05, 0.1) is 12.5 Å². The second kappa shape index (κ2) is 5.47. The third-order valence-corrected chi connectivity index (χ3v) is 3.81. The van der Waals surface area contributed by atoms with E-state index in [1.165, 1.54) is 0 Å². The first-order valence-corrected chi connectivity index (χ1v) is 6.95. The largest absolute Gasteiger partial charge is 0.330 e. The molecule has 0 aromatic heterocycles. The number of amides is 1. The van der Waals surface area contributed by atoms with Crippen molar-refractivity contribution in [1.82, 2.24) is 0 Å². The molecule has 0 aliphatic carbocycles. The standard InChI is InChI=1S/C17H18N2O/c18-11-10-15-14-8-4-5-9-16(14)19(17(15)20)12-13-6-2-1-3-7-13/h1-9,15H,10-12,18H2/t15-/m0/s1. The topological polar surface area (TPSA) is 46.3 Å². The van der Waals surface area contributed by atoms with E-state index in [-0.39, 0.29) is 11.8 Å². The van der Waals surface area contributed by atoms with Crippen molar-refractivity contribution in [3.63, 3.8) is 0 Å². The molecule has 3 nitrogen and oxygen atoms in total. The van der Waals surface area contributed by atoms with E-state index < -0.39 is 0 Å². The van der Waals surface area contributed by atoms with E-state index in [9.17, 15) is 4.79 Å². The molecule has 102 valence electrons. The first kappa shape index (κ1) is 12.9. The highest BCUT2D eigenvalue weighted by Gasteiger charge is 2.36. The van der Waals surface area contributed by atoms with Crippen molar-refractivity contribution in [3.8, 4) is 0 Å². The molecule has 1 heterocycles. The molecular weight excluding hydrogens is 248 g/mol. The Morgan fingerprint density at radius 2 is 1.70 bits per heavy atom. The fraction of sp³-hybridized carbons (Fsp3) is 0.235. The van der Waals surface area contributed by atoms with Gasteiger partial charge in [0.15, 0.2) is 0 Å². The molecule has 1 aliphatic rings. The molecule has 2 aromatic rings. The number of anilines is 1. The molecule has 1 aliphatic heterocycles. The van der Waals surface area contributed by atoms with Crippen LogP contribution in [0.4, 0.5) is 5.69 Å². The summed E-state index contributed by atoms with van der Waals surface area (Å²) in [5, 5.41) is 0. The predicted molar refractivity (Wildman–Crippen MR) is 80.5 cm³/mol. The summed E-state index contributed by atoms with van der Waals surface area (Å²) in [6.45, 7) is 1.15. The second-order valence-electron chi connectivity index (χ2n) is 5.10. The van der Waals surface area contributed by atoms with Crippen molar-refractivity contribution >= 4 is 11.6 Å². The number of nitrogens with two attached hydrogens (primary N) is 1. The lowest BCUT2D eigenvalue weighted by Gasteiger charge is -2.18. The molecule has 0 bridgehead atoms. The van der Waals surface area contributed by atoms with Gasteiger partial charge in [0.2, 0.25) is 5.91 Å². The number of carbonyl (C=O) groups excluding carboxylic acids is 1. The number of hydrogen-bond acceptors (Lipinski definition) is 2. The average Bonchev–Trinajstić information content (AvgIpc) is 2.75. The minimum atomic E-state index is -0.0834. The Hall–Kier alpha value is -2.13. The molecule has 1 atom stereocenters. The fourth-order valence-electron chi connectivity index (χ4n) is 2.84. The molecule has 0 unspecified atom stereocenters. The Morgan fingerprint density at radius 1 is 1.00 bits per heavy atom. The van der Waals surface area contributed by atoms with Gasteiger partial charge in [0.25, 0.3) is 0 Å². The average molecular weight is 266 g/mol. The van der Waals surface area contributed by atoms with Crippen molar-refractivity contribution in [3.05, 3.63) is 65.7 Å². The fourth-order valence-corrected chi connectivity index (χ4v) is 2.84. The summed E-state index contributed by atoms with van der Waals surface area (Å²) in [4.78, 5) is 14.5. The van der Waals surface area contributed by atoms with Crippen LogP contribution >= 0.6 is 0 Å². The van der Waals surface area contributed by atoms with Gasteiger partial charge in [-0.25, -0.2) is 0 Å². The van der Waals surface area contributed by atoms with Crippen LogP contribution in [0, 0.1) is 0 Å². The van der Waals surface area contributed by atoms with Crippen LogP contribution in [0.2, 0.25) is 0 Å². The summed E-state index contributed by atoms with van der Waals surface area (Å²) in [6, 6.07) is 18.1. The van der Waals surface area contributed by atoms with Crippen LogP contribution in [0.1, 0.15) is 23.5 Å². The summed E-state index contributed by atoms with van der Waals surface area (Å²) in [6.07, 6.45) is 0.709. The molecule has 2 aromatic carbocycles. The minimum Gasteiger partial charge on any atom is -0.330 e. The van der Waals surface area contributed by atoms with Gasteiger partial charge in [-0.1, -0.05) is 48.5 Å². The van der Waals surface area contributed by atoms with Crippen molar-refractivity contribution in [2.45, 2.75) is 18.9 Å². The van der Waals surface area contributed by atoms with Gasteiger partial charge < -0.3 is 10.6 Å². The van der Waals surface area contributed by atoms with Crippen molar-refractivity contribution < 1.29 is 4.79 Å². The third kappa shape index (κ3) is 2.21. The number of benzene rings is 2. The Balaban J connectivity index is 1.94. The second-order valence-corrected chi connectivity index (χ2v) is 5.10. The Labute approximate surface area is 119 Å². The van der Waals surface area contributed by atoms with Crippen LogP contribution in [-0.2, 0) is 11.3 Å². The molecule has 0 spiro atoms. The van der Waals surface area contributed by atoms with Gasteiger partial charge >= 0.3 is 0 Å². The zero-order valence-electron chi connectivity index (χ0n) is 11.3. The van der Waals surface area contributed by atoms with E-state index in [0.29, 0.717) is 19.5 Å². The van der Waals surface area contributed by atoms with Crippen molar-refractivity contribution in [1.29, 1.82) is 0 Å². The van der Waals surface area contributed by atoms with Crippen LogP contribution in [0.25, 0.3) is 0 Å².